The summed E-state index contributed by atoms with van der Waals surface area (Å²) in [6.45, 7) is 4.76. The molecule has 5 rings (SSSR count). The lowest BCUT2D eigenvalue weighted by Crippen LogP contribution is -2.60. The lowest BCUT2D eigenvalue weighted by Gasteiger charge is -2.39. The molecule has 1 saturated carbocycles. The Morgan fingerprint density at radius 1 is 1.00 bits per heavy atom. The Balaban J connectivity index is 1.41. The van der Waals surface area contributed by atoms with Gasteiger partial charge in [-0.05, 0) is 60.9 Å². The molecule has 12 heteroatoms. The fraction of sp³-hybridized carbons (Fsp3) is 0.700. The zero-order chi connectivity index (χ0) is 37.1. The van der Waals surface area contributed by atoms with E-state index < -0.39 is 52.0 Å². The van der Waals surface area contributed by atoms with Crippen LogP contribution in [0.5, 0.6) is 0 Å². The number of amides is 1. The molecule has 2 aliphatic heterocycles. The number of nitrogens with two attached hydrogens (primary N) is 1. The highest BCUT2D eigenvalue weighted by Crippen LogP contribution is 2.33. The zero-order valence-corrected chi connectivity index (χ0v) is 31.8. The number of aliphatic hydroxyl groups is 2. The molecule has 0 radical (unpaired) electrons. The lowest BCUT2D eigenvalue weighted by atomic mass is 9.76. The number of sulfone groups is 1. The van der Waals surface area contributed by atoms with Crippen molar-refractivity contribution in [3.63, 3.8) is 0 Å². The monoisotopic (exact) mass is 742 g/mol. The van der Waals surface area contributed by atoms with E-state index in [9.17, 15) is 28.2 Å². The maximum absolute atomic E-state index is 14.7. The number of rotatable bonds is 19. The van der Waals surface area contributed by atoms with Gasteiger partial charge < -0.3 is 31.3 Å². The van der Waals surface area contributed by atoms with Crippen molar-refractivity contribution in [2.24, 2.45) is 23.5 Å². The molecule has 3 fully saturated rings. The van der Waals surface area contributed by atoms with Crippen molar-refractivity contribution >= 4 is 32.3 Å². The van der Waals surface area contributed by atoms with Crippen molar-refractivity contribution in [3.8, 4) is 0 Å². The van der Waals surface area contributed by atoms with E-state index in [2.05, 4.69) is 10.6 Å². The summed E-state index contributed by atoms with van der Waals surface area (Å²) >= 11 is 0. The number of Topliss-reactive ketones (excluding diaryl/α,β-unsaturated/α-hetero) is 1. The van der Waals surface area contributed by atoms with E-state index in [4.69, 9.17) is 10.5 Å². The topological polar surface area (TPSA) is 171 Å². The van der Waals surface area contributed by atoms with Crippen LogP contribution >= 0.6 is 0 Å². The van der Waals surface area contributed by atoms with Crippen LogP contribution in [-0.2, 0) is 30.6 Å². The number of benzene rings is 2. The molecule has 2 aromatic rings. The van der Waals surface area contributed by atoms with Gasteiger partial charge in [-0.3, -0.25) is 14.5 Å². The van der Waals surface area contributed by atoms with E-state index in [1.54, 1.807) is 0 Å². The molecule has 7 atom stereocenters. The number of carbonyl (C=O) groups is 2. The van der Waals surface area contributed by atoms with Gasteiger partial charge in [-0.2, -0.15) is 0 Å². The molecular formula is C40H62N4O7S. The second-order valence-corrected chi connectivity index (χ2v) is 17.6. The van der Waals surface area contributed by atoms with E-state index in [0.717, 1.165) is 74.2 Å². The molecule has 2 aromatic carbocycles. The van der Waals surface area contributed by atoms with Crippen molar-refractivity contribution in [2.45, 2.75) is 114 Å². The van der Waals surface area contributed by atoms with Crippen LogP contribution in [0.2, 0.25) is 0 Å². The Hall–Kier alpha value is -2.45. The number of carbonyl (C=O) groups excluding carboxylic acids is 2. The third-order valence-electron chi connectivity index (χ3n) is 11.6. The predicted octanol–water partition coefficient (Wildman–Crippen LogP) is 3.33. The van der Waals surface area contributed by atoms with Crippen LogP contribution in [0.3, 0.4) is 0 Å². The predicted molar refractivity (Wildman–Crippen MR) is 204 cm³/mol. The van der Waals surface area contributed by atoms with Crippen LogP contribution in [0.15, 0.2) is 42.5 Å². The largest absolute Gasteiger partial charge is 0.390 e. The molecule has 6 N–H and O–H groups in total. The first-order chi connectivity index (χ1) is 25.1. The quantitative estimate of drug-likeness (QED) is 0.144. The fourth-order valence-electron chi connectivity index (χ4n) is 8.52. The number of nitrogens with one attached hydrogen (secondary N) is 2. The molecule has 11 nitrogen and oxygen atoms in total. The molecule has 2 heterocycles. The zero-order valence-electron chi connectivity index (χ0n) is 31.0. The summed E-state index contributed by atoms with van der Waals surface area (Å²) in [4.78, 5) is 31.0. The summed E-state index contributed by atoms with van der Waals surface area (Å²) in [6.07, 6.45) is 5.48. The van der Waals surface area contributed by atoms with Gasteiger partial charge in [0.25, 0.3) is 0 Å². The van der Waals surface area contributed by atoms with Gasteiger partial charge in [0.05, 0.1) is 48.9 Å². The number of hydrogen-bond acceptors (Lipinski definition) is 10. The van der Waals surface area contributed by atoms with Gasteiger partial charge in [0.2, 0.25) is 5.91 Å². The summed E-state index contributed by atoms with van der Waals surface area (Å²) in [5.41, 5.74) is 7.36. The molecule has 0 spiro atoms. The van der Waals surface area contributed by atoms with Gasteiger partial charge in [-0.1, -0.05) is 94.3 Å². The molecule has 1 aliphatic carbocycles. The van der Waals surface area contributed by atoms with Crippen LogP contribution in [0, 0.1) is 17.8 Å². The highest BCUT2D eigenvalue weighted by molar-refractivity contribution is 7.91. The van der Waals surface area contributed by atoms with Crippen LogP contribution in [0.1, 0.15) is 83.1 Å². The highest BCUT2D eigenvalue weighted by atomic mass is 32.2. The number of fused-ring (bicyclic) bond motifs is 1. The number of unbranched alkanes of at least 4 members (excludes halogenated alkanes) is 1. The van der Waals surface area contributed by atoms with Crippen molar-refractivity contribution < 1.29 is 33.0 Å². The standard InChI is InChI=1S/C40H62N4O7S/c1-2-3-18-35(36(45)34(24-28-11-5-4-6-12-28)37(46)38(47)39(41)44-20-22-51-23-21-44)43-40(48)31(26-52(49,50)27-32-16-10-19-42-32)25-30-15-9-14-29-13-7-8-17-33(29)30/h7-9,13-15,17,28,31-32,34-35,37-39,42,46-47H,2-6,10-12,16,18-27,41H2,1H3,(H,43,48)/t31-,32+,34-,35+,37-,38-,39?/m1/s1. The third-order valence-corrected chi connectivity index (χ3v) is 13.4. The lowest BCUT2D eigenvalue weighted by molar-refractivity contribution is -0.140. The van der Waals surface area contributed by atoms with E-state index in [1.165, 1.54) is 0 Å². The third kappa shape index (κ3) is 11.3. The Bertz CT molecular complexity index is 1530. The van der Waals surface area contributed by atoms with Crippen molar-refractivity contribution in [1.29, 1.82) is 0 Å². The van der Waals surface area contributed by atoms with Crippen LogP contribution in [0.25, 0.3) is 10.8 Å². The van der Waals surface area contributed by atoms with E-state index in [-0.39, 0.29) is 35.7 Å². The first kappa shape index (κ1) is 40.7. The molecule has 0 bridgehead atoms. The molecule has 290 valence electrons. The smallest absolute Gasteiger partial charge is 0.225 e. The van der Waals surface area contributed by atoms with Crippen LogP contribution in [0.4, 0.5) is 0 Å². The fourth-order valence-corrected chi connectivity index (χ4v) is 10.4. The minimum Gasteiger partial charge on any atom is -0.390 e. The van der Waals surface area contributed by atoms with Gasteiger partial charge in [-0.25, -0.2) is 8.42 Å². The van der Waals surface area contributed by atoms with Gasteiger partial charge in [0, 0.05) is 25.0 Å². The Morgan fingerprint density at radius 3 is 2.44 bits per heavy atom. The number of ketones is 1. The second-order valence-electron chi connectivity index (χ2n) is 15.5. The average molecular weight is 743 g/mol. The Kier molecular flexibility index (Phi) is 15.5. The van der Waals surface area contributed by atoms with E-state index in [1.807, 2.05) is 54.3 Å². The van der Waals surface area contributed by atoms with Gasteiger partial charge in [0.1, 0.15) is 6.10 Å². The summed E-state index contributed by atoms with van der Waals surface area (Å²) in [5, 5.41) is 31.5. The molecule has 2 saturated heterocycles. The normalized spacial score (nSPS) is 22.7. The van der Waals surface area contributed by atoms with Crippen molar-refractivity contribution in [1.82, 2.24) is 15.5 Å². The van der Waals surface area contributed by atoms with Crippen LogP contribution in [-0.4, -0.2) is 110 Å². The summed E-state index contributed by atoms with van der Waals surface area (Å²) in [6, 6.07) is 12.6. The van der Waals surface area contributed by atoms with Crippen molar-refractivity contribution in [2.75, 3.05) is 44.4 Å². The average Bonchev–Trinajstić information content (AvgIpc) is 3.67. The minimum absolute atomic E-state index is 0.0402. The van der Waals surface area contributed by atoms with Crippen LogP contribution < -0.4 is 16.4 Å². The number of morpholine rings is 1. The maximum atomic E-state index is 14.7. The van der Waals surface area contributed by atoms with E-state index >= 15 is 0 Å². The molecule has 3 aliphatic rings. The van der Waals surface area contributed by atoms with E-state index in [0.29, 0.717) is 45.6 Å². The number of aliphatic hydroxyl groups excluding tert-OH is 2. The summed E-state index contributed by atoms with van der Waals surface area (Å²) in [7, 11) is -3.64. The van der Waals surface area contributed by atoms with Gasteiger partial charge in [-0.15, -0.1) is 0 Å². The Labute approximate surface area is 310 Å². The summed E-state index contributed by atoms with van der Waals surface area (Å²) in [5.74, 6) is -2.85. The second kappa shape index (κ2) is 19.8. The summed E-state index contributed by atoms with van der Waals surface area (Å²) < 4.78 is 32.8. The molecule has 0 aromatic heterocycles. The molecule has 1 unspecified atom stereocenters. The Morgan fingerprint density at radius 2 is 1.73 bits per heavy atom. The number of nitrogens with zero attached hydrogens (tertiary/aromatic N) is 1. The highest BCUT2D eigenvalue weighted by Gasteiger charge is 2.42. The minimum atomic E-state index is -3.64. The first-order valence-corrected chi connectivity index (χ1v) is 21.6. The van der Waals surface area contributed by atoms with Crippen molar-refractivity contribution in [3.05, 3.63) is 48.0 Å². The SMILES string of the molecule is CCCC[C@H](NC(=O)[C@H](Cc1cccc2ccccc12)CS(=O)(=O)C[C@@H]1CCCN1)C(=O)[C@@H](CC1CCCCC1)[C@@H](O)[C@@H](O)C(N)N1CCOCC1. The molecule has 52 heavy (non-hydrogen) atoms. The van der Waals surface area contributed by atoms with Gasteiger partial charge >= 0.3 is 0 Å². The van der Waals surface area contributed by atoms with Gasteiger partial charge in [0.15, 0.2) is 15.6 Å². The molecule has 1 amide bonds. The maximum Gasteiger partial charge on any atom is 0.225 e. The molecular weight excluding hydrogens is 681 g/mol. The number of ether oxygens (including phenoxy) is 1. The number of hydrogen-bond donors (Lipinski definition) is 5. The first-order valence-electron chi connectivity index (χ1n) is 19.7.